The maximum Gasteiger partial charge on any atom is 0.198 e. The van der Waals surface area contributed by atoms with Gasteiger partial charge in [-0.2, -0.15) is 0 Å². The Labute approximate surface area is 116 Å². The van der Waals surface area contributed by atoms with E-state index in [2.05, 4.69) is 17.6 Å². The zero-order valence-electron chi connectivity index (χ0n) is 10.6. The first-order valence-corrected chi connectivity index (χ1v) is 8.09. The molecule has 2 aliphatic heterocycles. The second-order valence-electron chi connectivity index (χ2n) is 4.48. The second-order valence-corrected chi connectivity index (χ2v) is 7.11. The van der Waals surface area contributed by atoms with Crippen molar-refractivity contribution in [1.82, 2.24) is 10.6 Å². The summed E-state index contributed by atoms with van der Waals surface area (Å²) in [5.41, 5.74) is 1.30. The fourth-order valence-corrected chi connectivity index (χ4v) is 5.14. The summed E-state index contributed by atoms with van der Waals surface area (Å²) in [5, 5.41) is 16.3. The Kier molecular flexibility index (Phi) is 5.56. The van der Waals surface area contributed by atoms with Crippen LogP contribution in [-0.4, -0.2) is 47.8 Å². The molecule has 0 aromatic carbocycles. The van der Waals surface area contributed by atoms with Crippen LogP contribution in [0.5, 0.6) is 0 Å². The van der Waals surface area contributed by atoms with Crippen molar-refractivity contribution >= 4 is 28.6 Å². The average molecular weight is 288 g/mol. The zero-order chi connectivity index (χ0) is 13.0. The molecule has 2 rings (SSSR count). The number of thioether (sulfide) groups is 2. The average Bonchev–Trinajstić information content (AvgIpc) is 2.70. The van der Waals surface area contributed by atoms with Gasteiger partial charge in [0.15, 0.2) is 5.12 Å². The van der Waals surface area contributed by atoms with Crippen molar-refractivity contribution in [3.05, 3.63) is 9.81 Å². The van der Waals surface area contributed by atoms with E-state index in [9.17, 15) is 4.79 Å². The Morgan fingerprint density at radius 2 is 2.33 bits per heavy atom. The first-order chi connectivity index (χ1) is 8.74. The van der Waals surface area contributed by atoms with Gasteiger partial charge in [0, 0.05) is 35.0 Å². The molecule has 0 radical (unpaired) electrons. The van der Waals surface area contributed by atoms with Crippen LogP contribution in [0.3, 0.4) is 0 Å². The molecular formula is C12H20N2O2S2. The molecule has 2 atom stereocenters. The number of carbonyl (C=O) groups excluding carboxylic acids is 1. The largest absolute Gasteiger partial charge is 0.395 e. The van der Waals surface area contributed by atoms with Crippen LogP contribution in [0.2, 0.25) is 0 Å². The SMILES string of the molecule is CCNC1CC(CNCCO)SC2=C1CC(=O)S2. The van der Waals surface area contributed by atoms with Gasteiger partial charge >= 0.3 is 0 Å². The van der Waals surface area contributed by atoms with E-state index < -0.39 is 0 Å². The highest BCUT2D eigenvalue weighted by atomic mass is 32.2. The minimum Gasteiger partial charge on any atom is -0.395 e. The van der Waals surface area contributed by atoms with Crippen molar-refractivity contribution in [2.75, 3.05) is 26.2 Å². The Morgan fingerprint density at radius 3 is 3.06 bits per heavy atom. The summed E-state index contributed by atoms with van der Waals surface area (Å²) in [6.45, 7) is 4.74. The van der Waals surface area contributed by atoms with Gasteiger partial charge in [0.25, 0.3) is 0 Å². The van der Waals surface area contributed by atoms with Crippen molar-refractivity contribution in [1.29, 1.82) is 0 Å². The molecule has 2 heterocycles. The number of aliphatic hydroxyl groups excluding tert-OH is 1. The molecule has 0 aromatic heterocycles. The van der Waals surface area contributed by atoms with Gasteiger partial charge in [-0.15, -0.1) is 11.8 Å². The lowest BCUT2D eigenvalue weighted by molar-refractivity contribution is -0.110. The number of hydrogen-bond donors (Lipinski definition) is 3. The van der Waals surface area contributed by atoms with Crippen LogP contribution in [0.25, 0.3) is 0 Å². The number of carbonyl (C=O) groups is 1. The molecule has 4 nitrogen and oxygen atoms in total. The number of likely N-dealkylation sites (N-methyl/N-ethyl adjacent to an activating group) is 1. The Bertz CT molecular complexity index is 347. The van der Waals surface area contributed by atoms with Gasteiger partial charge in [0.2, 0.25) is 0 Å². The first-order valence-electron chi connectivity index (χ1n) is 6.40. The highest BCUT2D eigenvalue weighted by Crippen LogP contribution is 2.48. The Morgan fingerprint density at radius 1 is 1.50 bits per heavy atom. The van der Waals surface area contributed by atoms with Gasteiger partial charge in [-0.25, -0.2) is 0 Å². The van der Waals surface area contributed by atoms with E-state index >= 15 is 0 Å². The number of hydrogen-bond acceptors (Lipinski definition) is 6. The highest BCUT2D eigenvalue weighted by Gasteiger charge is 2.35. The molecule has 0 aromatic rings. The molecule has 6 heteroatoms. The van der Waals surface area contributed by atoms with Crippen LogP contribution in [0.1, 0.15) is 19.8 Å². The maximum atomic E-state index is 11.6. The topological polar surface area (TPSA) is 61.4 Å². The molecule has 0 aliphatic carbocycles. The Balaban J connectivity index is 1.97. The predicted molar refractivity (Wildman–Crippen MR) is 77.7 cm³/mol. The van der Waals surface area contributed by atoms with Crippen LogP contribution >= 0.6 is 23.5 Å². The van der Waals surface area contributed by atoms with Gasteiger partial charge in [-0.1, -0.05) is 6.92 Å². The molecule has 0 saturated heterocycles. The third kappa shape index (κ3) is 3.51. The lowest BCUT2D eigenvalue weighted by Crippen LogP contribution is -2.39. The smallest absolute Gasteiger partial charge is 0.198 e. The summed E-state index contributed by atoms with van der Waals surface area (Å²) in [5.74, 6) is 0. The number of rotatable bonds is 6. The lowest BCUT2D eigenvalue weighted by atomic mass is 10.0. The van der Waals surface area contributed by atoms with Gasteiger partial charge in [0.05, 0.1) is 6.61 Å². The van der Waals surface area contributed by atoms with Crippen molar-refractivity contribution < 1.29 is 9.90 Å². The van der Waals surface area contributed by atoms with Crippen LogP contribution in [-0.2, 0) is 4.79 Å². The number of nitrogens with one attached hydrogen (secondary N) is 2. The minimum atomic E-state index is 0.176. The molecule has 0 spiro atoms. The van der Waals surface area contributed by atoms with Crippen LogP contribution < -0.4 is 10.6 Å². The molecule has 2 aliphatic rings. The minimum absolute atomic E-state index is 0.176. The van der Waals surface area contributed by atoms with Crippen molar-refractivity contribution in [2.24, 2.45) is 0 Å². The normalized spacial score (nSPS) is 27.8. The summed E-state index contributed by atoms with van der Waals surface area (Å²) in [6, 6.07) is 0.353. The van der Waals surface area contributed by atoms with Gasteiger partial charge in [-0.3, -0.25) is 4.79 Å². The van der Waals surface area contributed by atoms with Crippen LogP contribution in [0.4, 0.5) is 0 Å². The molecule has 18 heavy (non-hydrogen) atoms. The molecule has 102 valence electrons. The fourth-order valence-electron chi connectivity index (χ4n) is 2.32. The summed E-state index contributed by atoms with van der Waals surface area (Å²) in [7, 11) is 0. The van der Waals surface area contributed by atoms with Crippen LogP contribution in [0.15, 0.2) is 9.81 Å². The molecule has 2 unspecified atom stereocenters. The molecule has 0 fully saturated rings. The first kappa shape index (κ1) is 14.4. The van der Waals surface area contributed by atoms with E-state index in [0.29, 0.717) is 24.3 Å². The third-order valence-corrected chi connectivity index (χ3v) is 5.63. The lowest BCUT2D eigenvalue weighted by Gasteiger charge is -2.30. The van der Waals surface area contributed by atoms with Gasteiger partial charge in [-0.05, 0) is 30.3 Å². The van der Waals surface area contributed by atoms with E-state index in [4.69, 9.17) is 5.11 Å². The van der Waals surface area contributed by atoms with Crippen molar-refractivity contribution in [2.45, 2.75) is 31.1 Å². The van der Waals surface area contributed by atoms with E-state index in [1.165, 1.54) is 21.6 Å². The van der Waals surface area contributed by atoms with Crippen molar-refractivity contribution in [3.63, 3.8) is 0 Å². The van der Waals surface area contributed by atoms with E-state index in [1.54, 1.807) is 0 Å². The fraction of sp³-hybridized carbons (Fsp3) is 0.750. The molecule has 0 amide bonds. The summed E-state index contributed by atoms with van der Waals surface area (Å²) < 4.78 is 1.22. The molecule has 0 saturated carbocycles. The van der Waals surface area contributed by atoms with E-state index in [1.807, 2.05) is 11.8 Å². The zero-order valence-corrected chi connectivity index (χ0v) is 12.2. The predicted octanol–water partition coefficient (Wildman–Crippen LogP) is 0.927. The standard InChI is InChI=1S/C12H20N2O2S2/c1-2-14-10-5-8(7-13-3-4-15)17-12-9(10)6-11(16)18-12/h8,10,13-15H,2-7H2,1H3. The Hall–Kier alpha value is -0.0100. The van der Waals surface area contributed by atoms with Crippen molar-refractivity contribution in [3.8, 4) is 0 Å². The summed E-state index contributed by atoms with van der Waals surface area (Å²) in [6.07, 6.45) is 1.67. The third-order valence-electron chi connectivity index (χ3n) is 3.11. The molecular weight excluding hydrogens is 268 g/mol. The summed E-state index contributed by atoms with van der Waals surface area (Å²) >= 11 is 3.23. The van der Waals surface area contributed by atoms with E-state index in [0.717, 1.165) is 19.5 Å². The molecule has 3 N–H and O–H groups in total. The molecule has 0 bridgehead atoms. The quantitative estimate of drug-likeness (QED) is 0.632. The summed E-state index contributed by atoms with van der Waals surface area (Å²) in [4.78, 5) is 11.6. The number of aliphatic hydroxyl groups is 1. The van der Waals surface area contributed by atoms with Crippen LogP contribution in [0, 0.1) is 0 Å². The van der Waals surface area contributed by atoms with Gasteiger partial charge in [0.1, 0.15) is 0 Å². The monoisotopic (exact) mass is 288 g/mol. The van der Waals surface area contributed by atoms with E-state index in [-0.39, 0.29) is 11.7 Å². The van der Waals surface area contributed by atoms with Gasteiger partial charge < -0.3 is 15.7 Å². The maximum absolute atomic E-state index is 11.6. The highest BCUT2D eigenvalue weighted by molar-refractivity contribution is 8.30. The second kappa shape index (κ2) is 6.96.